The lowest BCUT2D eigenvalue weighted by Crippen LogP contribution is -2.44. The molecule has 1 aromatic heterocycles. The van der Waals surface area contributed by atoms with Crippen molar-refractivity contribution in [3.8, 4) is 0 Å². The minimum atomic E-state index is -0.0587. The second-order valence-corrected chi connectivity index (χ2v) is 6.06. The third kappa shape index (κ3) is 4.95. The first kappa shape index (κ1) is 16.2. The summed E-state index contributed by atoms with van der Waals surface area (Å²) in [6.45, 7) is 6.56. The van der Waals surface area contributed by atoms with Crippen LogP contribution in [-0.2, 0) is 4.79 Å². The number of carbonyl (C=O) groups is 1. The first-order chi connectivity index (χ1) is 10.1. The molecule has 0 bridgehead atoms. The fraction of sp³-hybridized carbons (Fsp3) is 0.600. The Balaban J connectivity index is 1.90. The van der Waals surface area contributed by atoms with Crippen LogP contribution in [0, 0.1) is 0 Å². The highest BCUT2D eigenvalue weighted by Gasteiger charge is 2.21. The molecule has 1 aromatic rings. The third-order valence-corrected chi connectivity index (χ3v) is 4.03. The van der Waals surface area contributed by atoms with E-state index in [-0.39, 0.29) is 5.91 Å². The lowest BCUT2D eigenvalue weighted by Gasteiger charge is -2.28. The van der Waals surface area contributed by atoms with Gasteiger partial charge in [-0.1, -0.05) is 11.6 Å². The molecule has 5 nitrogen and oxygen atoms in total. The number of anilines is 1. The normalized spacial score (nSPS) is 18.4. The molecule has 1 fully saturated rings. The van der Waals surface area contributed by atoms with Crippen molar-refractivity contribution in [1.29, 1.82) is 0 Å². The van der Waals surface area contributed by atoms with Gasteiger partial charge in [0.05, 0.1) is 12.2 Å². The van der Waals surface area contributed by atoms with Crippen LogP contribution in [0.4, 0.5) is 5.69 Å². The quantitative estimate of drug-likeness (QED) is 0.790. The van der Waals surface area contributed by atoms with Crippen molar-refractivity contribution in [2.75, 3.05) is 25.0 Å². The Kier molecular flexibility index (Phi) is 5.96. The average Bonchev–Trinajstić information content (AvgIpc) is 2.93. The Labute approximate surface area is 131 Å². The van der Waals surface area contributed by atoms with E-state index in [9.17, 15) is 4.79 Å². The number of halogens is 1. The van der Waals surface area contributed by atoms with Gasteiger partial charge in [0.2, 0.25) is 5.91 Å². The SMILES string of the molecule is CC(C)N(CC(=O)Nc1cccnc1Cl)CC1CCCN1. The highest BCUT2D eigenvalue weighted by atomic mass is 35.5. The zero-order valence-electron chi connectivity index (χ0n) is 12.6. The van der Waals surface area contributed by atoms with Crippen LogP contribution in [0.1, 0.15) is 26.7 Å². The van der Waals surface area contributed by atoms with Crippen LogP contribution in [0.25, 0.3) is 0 Å². The topological polar surface area (TPSA) is 57.3 Å². The molecule has 0 aromatic carbocycles. The van der Waals surface area contributed by atoms with Crippen molar-refractivity contribution >= 4 is 23.2 Å². The number of rotatable bonds is 6. The fourth-order valence-electron chi connectivity index (χ4n) is 2.51. The van der Waals surface area contributed by atoms with E-state index in [4.69, 9.17) is 11.6 Å². The van der Waals surface area contributed by atoms with E-state index in [1.807, 2.05) is 0 Å². The molecule has 0 saturated carbocycles. The lowest BCUT2D eigenvalue weighted by atomic mass is 10.2. The van der Waals surface area contributed by atoms with E-state index >= 15 is 0 Å². The van der Waals surface area contributed by atoms with Gasteiger partial charge in [-0.2, -0.15) is 0 Å². The van der Waals surface area contributed by atoms with E-state index in [0.717, 1.165) is 13.1 Å². The maximum Gasteiger partial charge on any atom is 0.238 e. The Morgan fingerprint density at radius 2 is 2.43 bits per heavy atom. The number of nitrogens with one attached hydrogen (secondary N) is 2. The van der Waals surface area contributed by atoms with Crippen molar-refractivity contribution in [2.24, 2.45) is 0 Å². The number of pyridine rings is 1. The third-order valence-electron chi connectivity index (χ3n) is 3.73. The van der Waals surface area contributed by atoms with E-state index < -0.39 is 0 Å². The van der Waals surface area contributed by atoms with Crippen LogP contribution < -0.4 is 10.6 Å². The summed E-state index contributed by atoms with van der Waals surface area (Å²) in [6.07, 6.45) is 4.00. The molecule has 6 heteroatoms. The zero-order valence-corrected chi connectivity index (χ0v) is 13.4. The van der Waals surface area contributed by atoms with Crippen LogP contribution in [-0.4, -0.2) is 47.5 Å². The second-order valence-electron chi connectivity index (χ2n) is 5.71. The number of carbonyl (C=O) groups excluding carboxylic acids is 1. The summed E-state index contributed by atoms with van der Waals surface area (Å²) in [7, 11) is 0. The predicted molar refractivity (Wildman–Crippen MR) is 85.6 cm³/mol. The minimum absolute atomic E-state index is 0.0587. The molecule has 0 radical (unpaired) electrons. The molecule has 116 valence electrons. The smallest absolute Gasteiger partial charge is 0.238 e. The number of hydrogen-bond donors (Lipinski definition) is 2. The number of amides is 1. The summed E-state index contributed by atoms with van der Waals surface area (Å²) in [4.78, 5) is 18.3. The minimum Gasteiger partial charge on any atom is -0.322 e. The standard InChI is InChI=1S/C15H23ClN4O/c1-11(2)20(9-12-5-3-7-17-12)10-14(21)19-13-6-4-8-18-15(13)16/h4,6,8,11-12,17H,3,5,7,9-10H2,1-2H3,(H,19,21). The van der Waals surface area contributed by atoms with Gasteiger partial charge in [0.1, 0.15) is 0 Å². The molecular weight excluding hydrogens is 288 g/mol. The Morgan fingerprint density at radius 1 is 1.62 bits per heavy atom. The summed E-state index contributed by atoms with van der Waals surface area (Å²) >= 11 is 5.96. The molecule has 1 unspecified atom stereocenters. The second kappa shape index (κ2) is 7.73. The molecule has 1 amide bonds. The fourth-order valence-corrected chi connectivity index (χ4v) is 2.67. The summed E-state index contributed by atoms with van der Waals surface area (Å²) in [5.41, 5.74) is 0.562. The monoisotopic (exact) mass is 310 g/mol. The van der Waals surface area contributed by atoms with Crippen molar-refractivity contribution in [3.05, 3.63) is 23.5 Å². The maximum atomic E-state index is 12.2. The van der Waals surface area contributed by atoms with Crippen LogP contribution in [0.2, 0.25) is 5.15 Å². The van der Waals surface area contributed by atoms with E-state index in [2.05, 4.69) is 34.4 Å². The summed E-state index contributed by atoms with van der Waals surface area (Å²) in [6, 6.07) is 4.32. The lowest BCUT2D eigenvalue weighted by molar-refractivity contribution is -0.117. The van der Waals surface area contributed by atoms with Crippen LogP contribution in [0.15, 0.2) is 18.3 Å². The molecule has 2 heterocycles. The molecule has 0 spiro atoms. The van der Waals surface area contributed by atoms with Gasteiger partial charge in [0.25, 0.3) is 0 Å². The van der Waals surface area contributed by atoms with Gasteiger partial charge in [-0.25, -0.2) is 4.98 Å². The van der Waals surface area contributed by atoms with Gasteiger partial charge in [0.15, 0.2) is 5.15 Å². The Morgan fingerprint density at radius 3 is 3.05 bits per heavy atom. The molecule has 0 aliphatic carbocycles. The summed E-state index contributed by atoms with van der Waals surface area (Å²) in [5, 5.41) is 6.61. The van der Waals surface area contributed by atoms with E-state index in [1.54, 1.807) is 18.3 Å². The van der Waals surface area contributed by atoms with Crippen molar-refractivity contribution < 1.29 is 4.79 Å². The van der Waals surface area contributed by atoms with Crippen molar-refractivity contribution in [1.82, 2.24) is 15.2 Å². The van der Waals surface area contributed by atoms with Gasteiger partial charge < -0.3 is 10.6 Å². The average molecular weight is 311 g/mol. The highest BCUT2D eigenvalue weighted by molar-refractivity contribution is 6.32. The van der Waals surface area contributed by atoms with Crippen LogP contribution in [0.3, 0.4) is 0 Å². The molecule has 2 N–H and O–H groups in total. The summed E-state index contributed by atoms with van der Waals surface area (Å²) < 4.78 is 0. The summed E-state index contributed by atoms with van der Waals surface area (Å²) in [5.74, 6) is -0.0587. The Hall–Kier alpha value is -1.17. The van der Waals surface area contributed by atoms with E-state index in [0.29, 0.717) is 29.5 Å². The molecule has 21 heavy (non-hydrogen) atoms. The molecule has 1 atom stereocenters. The first-order valence-corrected chi connectivity index (χ1v) is 7.82. The van der Waals surface area contributed by atoms with Gasteiger partial charge >= 0.3 is 0 Å². The highest BCUT2D eigenvalue weighted by Crippen LogP contribution is 2.17. The van der Waals surface area contributed by atoms with E-state index in [1.165, 1.54) is 12.8 Å². The van der Waals surface area contributed by atoms with Gasteiger partial charge in [-0.05, 0) is 45.4 Å². The molecular formula is C15H23ClN4O. The molecule has 1 aliphatic rings. The van der Waals surface area contributed by atoms with Gasteiger partial charge in [-0.15, -0.1) is 0 Å². The largest absolute Gasteiger partial charge is 0.322 e. The Bertz CT molecular complexity index is 474. The number of hydrogen-bond acceptors (Lipinski definition) is 4. The van der Waals surface area contributed by atoms with Crippen LogP contribution in [0.5, 0.6) is 0 Å². The molecule has 1 saturated heterocycles. The molecule has 2 rings (SSSR count). The number of nitrogens with zero attached hydrogens (tertiary/aromatic N) is 2. The van der Waals surface area contributed by atoms with Crippen molar-refractivity contribution in [3.63, 3.8) is 0 Å². The predicted octanol–water partition coefficient (Wildman–Crippen LogP) is 2.14. The van der Waals surface area contributed by atoms with Gasteiger partial charge in [0, 0.05) is 24.8 Å². The first-order valence-electron chi connectivity index (χ1n) is 7.44. The zero-order chi connectivity index (χ0) is 15.2. The number of aromatic nitrogens is 1. The molecule has 1 aliphatic heterocycles. The van der Waals surface area contributed by atoms with Crippen molar-refractivity contribution in [2.45, 2.75) is 38.8 Å². The van der Waals surface area contributed by atoms with Crippen LogP contribution >= 0.6 is 11.6 Å². The maximum absolute atomic E-state index is 12.2. The van der Waals surface area contributed by atoms with Gasteiger partial charge in [-0.3, -0.25) is 9.69 Å².